The lowest BCUT2D eigenvalue weighted by Gasteiger charge is -2.04. The number of fused-ring (bicyclic) bond motifs is 3. The Morgan fingerprint density at radius 2 is 1.79 bits per heavy atom. The average Bonchev–Trinajstić information content (AvgIpc) is 3.22. The number of hydrogen-bond acceptors (Lipinski definition) is 6. The first-order chi connectivity index (χ1) is 14.3. The summed E-state index contributed by atoms with van der Waals surface area (Å²) in [7, 11) is 0. The fraction of sp³-hybridized carbons (Fsp3) is 0. The zero-order valence-corrected chi connectivity index (χ0v) is 16.0. The summed E-state index contributed by atoms with van der Waals surface area (Å²) in [5, 5.41) is 9.65. The van der Waals surface area contributed by atoms with Gasteiger partial charge in [0.15, 0.2) is 0 Å². The first-order valence-electron chi connectivity index (χ1n) is 9.03. The standard InChI is InChI=1S/C23H15N3O2S/c27-22-19(12-18-17-9-5-4-8-16(17)10-11-21(18)28-22)20-14-29-23(25-20)26-24-13-15-6-2-1-3-7-15/h1-14H,(H,25,26). The van der Waals surface area contributed by atoms with E-state index in [-0.39, 0.29) is 0 Å². The van der Waals surface area contributed by atoms with E-state index in [9.17, 15) is 4.79 Å². The third kappa shape index (κ3) is 3.41. The van der Waals surface area contributed by atoms with E-state index in [4.69, 9.17) is 4.42 Å². The van der Waals surface area contributed by atoms with E-state index in [1.54, 1.807) is 6.21 Å². The van der Waals surface area contributed by atoms with Crippen molar-refractivity contribution in [3.8, 4) is 11.3 Å². The van der Waals surface area contributed by atoms with Crippen molar-refractivity contribution in [3.05, 3.63) is 94.2 Å². The van der Waals surface area contributed by atoms with Crippen LogP contribution in [-0.4, -0.2) is 11.2 Å². The highest BCUT2D eigenvalue weighted by Crippen LogP contribution is 2.29. The van der Waals surface area contributed by atoms with Crippen molar-refractivity contribution in [3.63, 3.8) is 0 Å². The maximum absolute atomic E-state index is 12.5. The third-order valence-electron chi connectivity index (χ3n) is 4.60. The van der Waals surface area contributed by atoms with Crippen molar-refractivity contribution in [1.82, 2.24) is 4.98 Å². The molecule has 1 N–H and O–H groups in total. The predicted octanol–water partition coefficient (Wildman–Crippen LogP) is 5.52. The predicted molar refractivity (Wildman–Crippen MR) is 119 cm³/mol. The maximum Gasteiger partial charge on any atom is 0.345 e. The molecule has 6 heteroatoms. The van der Waals surface area contributed by atoms with E-state index in [0.717, 1.165) is 21.7 Å². The van der Waals surface area contributed by atoms with Crippen LogP contribution < -0.4 is 11.1 Å². The van der Waals surface area contributed by atoms with Gasteiger partial charge in [0.2, 0.25) is 5.13 Å². The molecule has 0 aliphatic heterocycles. The molecule has 0 aliphatic rings. The first-order valence-corrected chi connectivity index (χ1v) is 9.91. The van der Waals surface area contributed by atoms with Gasteiger partial charge in [0.25, 0.3) is 0 Å². The molecule has 0 bridgehead atoms. The van der Waals surface area contributed by atoms with Gasteiger partial charge in [0.1, 0.15) is 5.58 Å². The topological polar surface area (TPSA) is 67.5 Å². The van der Waals surface area contributed by atoms with E-state index in [0.29, 0.717) is 22.0 Å². The molecule has 5 aromatic rings. The number of rotatable bonds is 4. The van der Waals surface area contributed by atoms with Gasteiger partial charge in [-0.05, 0) is 28.5 Å². The number of aromatic nitrogens is 1. The van der Waals surface area contributed by atoms with E-state index in [1.807, 2.05) is 78.2 Å². The summed E-state index contributed by atoms with van der Waals surface area (Å²) in [4.78, 5) is 17.0. The number of thiazole rings is 1. The number of benzene rings is 3. The Morgan fingerprint density at radius 3 is 2.69 bits per heavy atom. The molecule has 140 valence electrons. The molecule has 0 fully saturated rings. The minimum Gasteiger partial charge on any atom is -0.422 e. The van der Waals surface area contributed by atoms with E-state index in [2.05, 4.69) is 15.5 Å². The van der Waals surface area contributed by atoms with Crippen LogP contribution in [0.1, 0.15) is 5.56 Å². The van der Waals surface area contributed by atoms with Crippen LogP contribution in [0.4, 0.5) is 5.13 Å². The highest BCUT2D eigenvalue weighted by Gasteiger charge is 2.13. The summed E-state index contributed by atoms with van der Waals surface area (Å²) in [6.45, 7) is 0. The van der Waals surface area contributed by atoms with Crippen LogP contribution in [0.5, 0.6) is 0 Å². The minimum absolute atomic E-state index is 0.405. The number of hydrogen-bond donors (Lipinski definition) is 1. The van der Waals surface area contributed by atoms with Crippen molar-refractivity contribution >= 4 is 44.4 Å². The molecule has 0 atom stereocenters. The molecule has 2 heterocycles. The molecule has 3 aromatic carbocycles. The Balaban J connectivity index is 1.49. The van der Waals surface area contributed by atoms with Crippen LogP contribution in [0.15, 0.2) is 92.5 Å². The van der Waals surface area contributed by atoms with Gasteiger partial charge >= 0.3 is 5.63 Å². The van der Waals surface area contributed by atoms with E-state index in [1.165, 1.54) is 11.3 Å². The van der Waals surface area contributed by atoms with Crippen LogP contribution in [-0.2, 0) is 0 Å². The molecule has 0 aliphatic carbocycles. The van der Waals surface area contributed by atoms with Crippen molar-refractivity contribution < 1.29 is 4.42 Å². The van der Waals surface area contributed by atoms with Crippen LogP contribution in [0.25, 0.3) is 33.0 Å². The van der Waals surface area contributed by atoms with E-state index < -0.39 is 5.63 Å². The van der Waals surface area contributed by atoms with Gasteiger partial charge in [-0.2, -0.15) is 5.10 Å². The maximum atomic E-state index is 12.5. The second kappa shape index (κ2) is 7.33. The molecule has 2 aromatic heterocycles. The molecule has 0 unspecified atom stereocenters. The summed E-state index contributed by atoms with van der Waals surface area (Å²) in [6.07, 6.45) is 1.72. The summed E-state index contributed by atoms with van der Waals surface area (Å²) in [6, 6.07) is 23.4. The third-order valence-corrected chi connectivity index (χ3v) is 5.34. The Labute approximate surface area is 170 Å². The van der Waals surface area contributed by atoms with Gasteiger partial charge in [-0.1, -0.05) is 60.7 Å². The number of hydrazone groups is 1. The Bertz CT molecular complexity index is 1400. The van der Waals surface area contributed by atoms with Gasteiger partial charge in [0, 0.05) is 10.8 Å². The molecule has 5 nitrogen and oxygen atoms in total. The zero-order chi connectivity index (χ0) is 19.6. The van der Waals surface area contributed by atoms with Gasteiger partial charge in [-0.15, -0.1) is 11.3 Å². The lowest BCUT2D eigenvalue weighted by atomic mass is 10.0. The van der Waals surface area contributed by atoms with Crippen LogP contribution in [0.3, 0.4) is 0 Å². The van der Waals surface area contributed by atoms with Crippen LogP contribution in [0, 0.1) is 0 Å². The summed E-state index contributed by atoms with van der Waals surface area (Å²) in [5.74, 6) is 0. The Kier molecular flexibility index (Phi) is 4.38. The summed E-state index contributed by atoms with van der Waals surface area (Å²) >= 11 is 1.38. The van der Waals surface area contributed by atoms with Gasteiger partial charge < -0.3 is 4.42 Å². The molecular weight excluding hydrogens is 382 g/mol. The molecule has 0 radical (unpaired) electrons. The lowest BCUT2D eigenvalue weighted by molar-refractivity contribution is 0.563. The molecule has 0 saturated carbocycles. The quantitative estimate of drug-likeness (QED) is 0.188. The van der Waals surface area contributed by atoms with Gasteiger partial charge in [0.05, 0.1) is 17.5 Å². The number of nitrogens with one attached hydrogen (secondary N) is 1. The molecular formula is C23H15N3O2S. The SMILES string of the molecule is O=c1oc2ccc3ccccc3c2cc1-c1csc(NN=Cc2ccccc2)n1. The zero-order valence-electron chi connectivity index (χ0n) is 15.2. The Hall–Kier alpha value is -3.77. The second-order valence-electron chi connectivity index (χ2n) is 6.46. The van der Waals surface area contributed by atoms with E-state index >= 15 is 0 Å². The number of nitrogens with zero attached hydrogens (tertiary/aromatic N) is 2. The monoisotopic (exact) mass is 397 g/mol. The normalized spacial score (nSPS) is 11.4. The van der Waals surface area contributed by atoms with Crippen molar-refractivity contribution in [2.24, 2.45) is 5.10 Å². The summed E-state index contributed by atoms with van der Waals surface area (Å²) < 4.78 is 5.56. The van der Waals surface area contributed by atoms with Crippen molar-refractivity contribution in [2.45, 2.75) is 0 Å². The minimum atomic E-state index is -0.405. The largest absolute Gasteiger partial charge is 0.422 e. The smallest absolute Gasteiger partial charge is 0.345 e. The average molecular weight is 397 g/mol. The fourth-order valence-corrected chi connectivity index (χ4v) is 3.86. The van der Waals surface area contributed by atoms with Crippen LogP contribution in [0.2, 0.25) is 0 Å². The molecule has 29 heavy (non-hydrogen) atoms. The van der Waals surface area contributed by atoms with Gasteiger partial charge in [-0.3, -0.25) is 5.43 Å². The molecule has 0 amide bonds. The van der Waals surface area contributed by atoms with Gasteiger partial charge in [-0.25, -0.2) is 9.78 Å². The Morgan fingerprint density at radius 1 is 0.966 bits per heavy atom. The highest BCUT2D eigenvalue weighted by molar-refractivity contribution is 7.14. The first kappa shape index (κ1) is 17.3. The fourth-order valence-electron chi connectivity index (χ4n) is 3.20. The molecule has 5 rings (SSSR count). The molecule has 0 spiro atoms. The van der Waals surface area contributed by atoms with Crippen molar-refractivity contribution in [2.75, 3.05) is 5.43 Å². The number of anilines is 1. The highest BCUT2D eigenvalue weighted by atomic mass is 32.1. The summed E-state index contributed by atoms with van der Waals surface area (Å²) in [5.41, 5.74) is 5.06. The molecule has 0 saturated heterocycles. The second-order valence-corrected chi connectivity index (χ2v) is 7.32. The van der Waals surface area contributed by atoms with Crippen LogP contribution >= 0.6 is 11.3 Å². The lowest BCUT2D eigenvalue weighted by Crippen LogP contribution is -2.03. The van der Waals surface area contributed by atoms with Crippen molar-refractivity contribution in [1.29, 1.82) is 0 Å².